The largest absolute Gasteiger partial charge is 0.367 e. The van der Waals surface area contributed by atoms with Crippen molar-refractivity contribution in [3.63, 3.8) is 0 Å². The van der Waals surface area contributed by atoms with E-state index in [0.717, 1.165) is 36.0 Å². The highest BCUT2D eigenvalue weighted by molar-refractivity contribution is 7.89. The lowest BCUT2D eigenvalue weighted by Gasteiger charge is -2.38. The monoisotopic (exact) mass is 534 g/mol. The molecule has 5 heterocycles. The van der Waals surface area contributed by atoms with Gasteiger partial charge in [0, 0.05) is 64.2 Å². The van der Waals surface area contributed by atoms with Crippen LogP contribution < -0.4 is 14.7 Å². The fourth-order valence-electron chi connectivity index (χ4n) is 5.14. The van der Waals surface area contributed by atoms with Crippen LogP contribution in [0.5, 0.6) is 0 Å². The number of rotatable bonds is 5. The summed E-state index contributed by atoms with van der Waals surface area (Å²) in [6.07, 6.45) is 1.83. The normalized spacial score (nSPS) is 17.4. The second-order valence-electron chi connectivity index (χ2n) is 9.74. The molecule has 2 saturated heterocycles. The molecule has 0 saturated carbocycles. The van der Waals surface area contributed by atoms with Crippen LogP contribution in [0.15, 0.2) is 58.2 Å². The predicted octanol–water partition coefficient (Wildman–Crippen LogP) is 2.47. The van der Waals surface area contributed by atoms with Crippen LogP contribution >= 0.6 is 0 Å². The van der Waals surface area contributed by atoms with Gasteiger partial charge in [0.1, 0.15) is 22.0 Å². The summed E-state index contributed by atoms with van der Waals surface area (Å²) >= 11 is 0. The van der Waals surface area contributed by atoms with Gasteiger partial charge >= 0.3 is 0 Å². The van der Waals surface area contributed by atoms with Crippen molar-refractivity contribution in [2.24, 2.45) is 0 Å². The van der Waals surface area contributed by atoms with Crippen LogP contribution in [-0.4, -0.2) is 85.4 Å². The van der Waals surface area contributed by atoms with Gasteiger partial charge in [-0.1, -0.05) is 12.1 Å². The van der Waals surface area contributed by atoms with Crippen LogP contribution in [-0.2, 0) is 10.0 Å². The lowest BCUT2D eigenvalue weighted by Crippen LogP contribution is -2.50. The molecule has 0 bridgehead atoms. The van der Waals surface area contributed by atoms with Gasteiger partial charge in [-0.15, -0.1) is 0 Å². The Hall–Kier alpha value is -3.77. The minimum atomic E-state index is -3.87. The molecular weight excluding hydrogens is 504 g/mol. The van der Waals surface area contributed by atoms with E-state index in [2.05, 4.69) is 35.0 Å². The van der Waals surface area contributed by atoms with E-state index in [-0.39, 0.29) is 10.4 Å². The zero-order valence-electron chi connectivity index (χ0n) is 21.5. The molecule has 198 valence electrons. The molecule has 3 aromatic heterocycles. The van der Waals surface area contributed by atoms with Gasteiger partial charge < -0.3 is 14.7 Å². The first-order valence-electron chi connectivity index (χ1n) is 12.8. The molecule has 2 fully saturated rings. The van der Waals surface area contributed by atoms with Crippen molar-refractivity contribution in [2.75, 3.05) is 67.1 Å². The number of hydrogen-bond donors (Lipinski definition) is 0. The number of nitrogens with zero attached hydrogens (tertiary/aromatic N) is 8. The molecule has 0 radical (unpaired) electrons. The van der Waals surface area contributed by atoms with Crippen molar-refractivity contribution in [3.05, 3.63) is 59.9 Å². The number of piperazine rings is 2. The third-order valence-electron chi connectivity index (χ3n) is 7.23. The van der Waals surface area contributed by atoms with Crippen molar-refractivity contribution >= 4 is 38.4 Å². The van der Waals surface area contributed by atoms with Crippen LogP contribution in [0, 0.1) is 13.8 Å². The van der Waals surface area contributed by atoms with Crippen molar-refractivity contribution in [1.82, 2.24) is 24.6 Å². The fourth-order valence-corrected chi connectivity index (χ4v) is 6.89. The highest BCUT2D eigenvalue weighted by atomic mass is 32.2. The summed E-state index contributed by atoms with van der Waals surface area (Å²) in [6.45, 7) is 8.56. The summed E-state index contributed by atoms with van der Waals surface area (Å²) in [5.41, 5.74) is 3.39. The van der Waals surface area contributed by atoms with Gasteiger partial charge in [-0.25, -0.2) is 23.0 Å². The average Bonchev–Trinajstić information content (AvgIpc) is 3.42. The summed E-state index contributed by atoms with van der Waals surface area (Å²) in [4.78, 5) is 15.8. The van der Waals surface area contributed by atoms with E-state index in [9.17, 15) is 8.42 Å². The predicted molar refractivity (Wildman–Crippen MR) is 145 cm³/mol. The number of aromatic nitrogens is 4. The van der Waals surface area contributed by atoms with Gasteiger partial charge in [0.05, 0.1) is 5.69 Å². The molecule has 4 aromatic rings. The van der Waals surface area contributed by atoms with Crippen molar-refractivity contribution < 1.29 is 13.0 Å². The van der Waals surface area contributed by atoms with Crippen molar-refractivity contribution in [2.45, 2.75) is 18.7 Å². The second kappa shape index (κ2) is 9.84. The highest BCUT2D eigenvalue weighted by Gasteiger charge is 2.35. The first-order chi connectivity index (χ1) is 18.4. The minimum absolute atomic E-state index is 0.167. The minimum Gasteiger partial charge on any atom is -0.367 e. The average molecular weight is 535 g/mol. The molecule has 1 aromatic carbocycles. The SMILES string of the molecule is Cc1ccc(N2CCN(S(=O)(=O)c3c(N4CCN(c5cccc(C)n5)CC4)ccc4nonc34)CC2)nc1. The van der Waals surface area contributed by atoms with Gasteiger partial charge in [-0.05, 0) is 60.1 Å². The first kappa shape index (κ1) is 24.6. The lowest BCUT2D eigenvalue weighted by atomic mass is 10.2. The molecule has 0 atom stereocenters. The van der Waals surface area contributed by atoms with Gasteiger partial charge in [0.15, 0.2) is 5.52 Å². The third kappa shape index (κ3) is 4.54. The van der Waals surface area contributed by atoms with Crippen LogP contribution in [0.2, 0.25) is 0 Å². The number of benzene rings is 1. The molecule has 11 nitrogen and oxygen atoms in total. The van der Waals surface area contributed by atoms with Gasteiger partial charge in [0.2, 0.25) is 10.0 Å². The molecule has 38 heavy (non-hydrogen) atoms. The molecule has 0 spiro atoms. The number of hydrogen-bond acceptors (Lipinski definition) is 10. The van der Waals surface area contributed by atoms with Gasteiger partial charge in [-0.2, -0.15) is 4.31 Å². The zero-order valence-corrected chi connectivity index (χ0v) is 22.3. The number of aryl methyl sites for hydroxylation is 2. The lowest BCUT2D eigenvalue weighted by molar-refractivity contribution is 0.315. The Labute approximate surface area is 221 Å². The summed E-state index contributed by atoms with van der Waals surface area (Å²) in [5.74, 6) is 1.80. The maximum absolute atomic E-state index is 14.1. The quantitative estimate of drug-likeness (QED) is 0.378. The maximum atomic E-state index is 14.1. The van der Waals surface area contributed by atoms with Crippen LogP contribution in [0.25, 0.3) is 11.0 Å². The molecule has 0 aliphatic carbocycles. The highest BCUT2D eigenvalue weighted by Crippen LogP contribution is 2.35. The van der Waals surface area contributed by atoms with Gasteiger partial charge in [-0.3, -0.25) is 0 Å². The van der Waals surface area contributed by atoms with Crippen molar-refractivity contribution in [3.8, 4) is 0 Å². The number of anilines is 3. The number of fused-ring (bicyclic) bond motifs is 1. The van der Waals surface area contributed by atoms with E-state index in [0.29, 0.717) is 50.5 Å². The summed E-state index contributed by atoms with van der Waals surface area (Å²) in [5, 5.41) is 7.94. The molecule has 0 N–H and O–H groups in total. The Morgan fingerprint density at radius 2 is 1.47 bits per heavy atom. The Balaban J connectivity index is 1.25. The Bertz CT molecular complexity index is 1540. The summed E-state index contributed by atoms with van der Waals surface area (Å²) in [6, 6.07) is 13.6. The fraction of sp³-hybridized carbons (Fsp3) is 0.385. The van der Waals surface area contributed by atoms with Crippen LogP contribution in [0.1, 0.15) is 11.3 Å². The van der Waals surface area contributed by atoms with Crippen molar-refractivity contribution in [1.29, 1.82) is 0 Å². The van der Waals surface area contributed by atoms with Gasteiger partial charge in [0.25, 0.3) is 0 Å². The van der Waals surface area contributed by atoms with E-state index < -0.39 is 10.0 Å². The van der Waals surface area contributed by atoms with E-state index in [1.165, 1.54) is 4.31 Å². The smallest absolute Gasteiger partial charge is 0.247 e. The van der Waals surface area contributed by atoms with E-state index in [4.69, 9.17) is 4.63 Å². The number of sulfonamides is 1. The Kier molecular flexibility index (Phi) is 6.36. The van der Waals surface area contributed by atoms with Crippen LogP contribution in [0.3, 0.4) is 0 Å². The molecule has 6 rings (SSSR count). The molecule has 2 aliphatic heterocycles. The molecule has 0 amide bonds. The van der Waals surface area contributed by atoms with E-state index in [1.54, 1.807) is 6.07 Å². The summed E-state index contributed by atoms with van der Waals surface area (Å²) in [7, 11) is -3.87. The molecular formula is C26H30N8O3S. The number of pyridine rings is 2. The third-order valence-corrected chi connectivity index (χ3v) is 9.20. The molecule has 2 aliphatic rings. The van der Waals surface area contributed by atoms with E-state index >= 15 is 0 Å². The second-order valence-corrected chi connectivity index (χ2v) is 11.6. The maximum Gasteiger partial charge on any atom is 0.247 e. The summed E-state index contributed by atoms with van der Waals surface area (Å²) < 4.78 is 34.7. The van der Waals surface area contributed by atoms with E-state index in [1.807, 2.05) is 56.4 Å². The standard InChI is InChI=1S/C26H30N8O3S/c1-19-6-9-23(27-18-19)32-14-16-34(17-15-32)38(35,36)26-22(8-7-21-25(26)30-37-29-21)31-10-12-33(13-11-31)24-5-3-4-20(2)28-24/h3-9,18H,10-17H2,1-2H3. The molecule has 0 unspecified atom stereocenters. The Morgan fingerprint density at radius 3 is 2.18 bits per heavy atom. The van der Waals surface area contributed by atoms with Crippen LogP contribution in [0.4, 0.5) is 17.3 Å². The molecule has 12 heteroatoms. The first-order valence-corrected chi connectivity index (χ1v) is 14.2. The Morgan fingerprint density at radius 1 is 0.763 bits per heavy atom. The zero-order chi connectivity index (χ0) is 26.3. The topological polar surface area (TPSA) is 112 Å².